The van der Waals surface area contributed by atoms with E-state index < -0.39 is 0 Å². The van der Waals surface area contributed by atoms with E-state index in [-0.39, 0.29) is 12.0 Å². The highest BCUT2D eigenvalue weighted by molar-refractivity contribution is 5.75. The second-order valence-electron chi connectivity index (χ2n) is 4.46. The van der Waals surface area contributed by atoms with Crippen molar-refractivity contribution < 1.29 is 9.53 Å². The Morgan fingerprint density at radius 2 is 2.44 bits per heavy atom. The van der Waals surface area contributed by atoms with E-state index >= 15 is 0 Å². The molecule has 94 valence electrons. The van der Waals surface area contributed by atoms with Crippen molar-refractivity contribution >= 4 is 5.97 Å². The van der Waals surface area contributed by atoms with E-state index in [9.17, 15) is 4.79 Å². The van der Waals surface area contributed by atoms with Gasteiger partial charge in [-0.3, -0.25) is 9.69 Å². The molecule has 2 rings (SSSR count). The Balaban J connectivity index is 2.08. The minimum absolute atomic E-state index is 0.138. The van der Waals surface area contributed by atoms with Gasteiger partial charge >= 0.3 is 5.97 Å². The molecule has 0 bridgehead atoms. The molecule has 1 aromatic rings. The standard InChI is InChI=1S/C14H16N2O2/c1-18-14(17)13-6-3-7-16(13)10-12-5-2-4-11(8-12)9-15/h2,4-5,8,13H,3,6-7,10H2,1H3/t13-/m1/s1. The number of benzene rings is 1. The van der Waals surface area contributed by atoms with Crippen LogP contribution in [0.1, 0.15) is 24.0 Å². The molecule has 1 heterocycles. The first kappa shape index (κ1) is 12.6. The molecule has 0 saturated carbocycles. The van der Waals surface area contributed by atoms with Gasteiger partial charge in [0.05, 0.1) is 18.7 Å². The summed E-state index contributed by atoms with van der Waals surface area (Å²) in [5, 5.41) is 8.86. The summed E-state index contributed by atoms with van der Waals surface area (Å²) in [6.07, 6.45) is 1.86. The van der Waals surface area contributed by atoms with Crippen LogP contribution in [-0.2, 0) is 16.1 Å². The maximum atomic E-state index is 11.6. The van der Waals surface area contributed by atoms with Gasteiger partial charge in [0.1, 0.15) is 6.04 Å². The Morgan fingerprint density at radius 1 is 1.61 bits per heavy atom. The molecular weight excluding hydrogens is 228 g/mol. The number of hydrogen-bond acceptors (Lipinski definition) is 4. The minimum Gasteiger partial charge on any atom is -0.468 e. The number of hydrogen-bond donors (Lipinski definition) is 0. The van der Waals surface area contributed by atoms with Crippen LogP contribution in [0.5, 0.6) is 0 Å². The lowest BCUT2D eigenvalue weighted by atomic mass is 10.1. The number of ether oxygens (including phenoxy) is 1. The second-order valence-corrected chi connectivity index (χ2v) is 4.46. The SMILES string of the molecule is COC(=O)[C@H]1CCCN1Cc1cccc(C#N)c1. The Morgan fingerprint density at radius 3 is 3.17 bits per heavy atom. The molecule has 1 aliphatic heterocycles. The topological polar surface area (TPSA) is 53.3 Å². The third-order valence-electron chi connectivity index (χ3n) is 3.28. The maximum absolute atomic E-state index is 11.6. The number of esters is 1. The number of rotatable bonds is 3. The van der Waals surface area contributed by atoms with Crippen molar-refractivity contribution in [1.82, 2.24) is 4.90 Å². The number of likely N-dealkylation sites (tertiary alicyclic amines) is 1. The van der Waals surface area contributed by atoms with Gasteiger partial charge in [0.2, 0.25) is 0 Å². The average molecular weight is 244 g/mol. The van der Waals surface area contributed by atoms with Crippen LogP contribution >= 0.6 is 0 Å². The fourth-order valence-electron chi connectivity index (χ4n) is 2.39. The van der Waals surface area contributed by atoms with Crippen LogP contribution in [0, 0.1) is 11.3 Å². The second kappa shape index (κ2) is 5.65. The van der Waals surface area contributed by atoms with Gasteiger partial charge in [0, 0.05) is 6.54 Å². The van der Waals surface area contributed by atoms with Crippen molar-refractivity contribution in [3.63, 3.8) is 0 Å². The van der Waals surface area contributed by atoms with Gasteiger partial charge in [-0.25, -0.2) is 0 Å². The molecule has 1 fully saturated rings. The highest BCUT2D eigenvalue weighted by Gasteiger charge is 2.31. The predicted molar refractivity (Wildman–Crippen MR) is 66.6 cm³/mol. The molecular formula is C14H16N2O2. The Hall–Kier alpha value is -1.86. The van der Waals surface area contributed by atoms with E-state index in [2.05, 4.69) is 11.0 Å². The van der Waals surface area contributed by atoms with Gasteiger partial charge in [0.15, 0.2) is 0 Å². The molecule has 0 radical (unpaired) electrons. The summed E-state index contributed by atoms with van der Waals surface area (Å²) in [6.45, 7) is 1.59. The number of methoxy groups -OCH3 is 1. The van der Waals surface area contributed by atoms with Crippen molar-refractivity contribution in [3.8, 4) is 6.07 Å². The number of nitriles is 1. The molecule has 0 unspecified atom stereocenters. The first-order valence-electron chi connectivity index (χ1n) is 6.05. The third kappa shape index (κ3) is 2.69. The first-order chi connectivity index (χ1) is 8.74. The average Bonchev–Trinajstić information content (AvgIpc) is 2.86. The smallest absolute Gasteiger partial charge is 0.323 e. The van der Waals surface area contributed by atoms with Crippen molar-refractivity contribution in [2.45, 2.75) is 25.4 Å². The molecule has 1 aromatic carbocycles. The van der Waals surface area contributed by atoms with Crippen LogP contribution in [0.3, 0.4) is 0 Å². The molecule has 18 heavy (non-hydrogen) atoms. The Kier molecular flexibility index (Phi) is 3.96. The lowest BCUT2D eigenvalue weighted by molar-refractivity contribution is -0.146. The quantitative estimate of drug-likeness (QED) is 0.759. The molecule has 1 aliphatic rings. The van der Waals surface area contributed by atoms with Gasteiger partial charge in [-0.1, -0.05) is 12.1 Å². The lowest BCUT2D eigenvalue weighted by Gasteiger charge is -2.22. The van der Waals surface area contributed by atoms with Gasteiger partial charge in [0.25, 0.3) is 0 Å². The van der Waals surface area contributed by atoms with Crippen molar-refractivity contribution in [2.24, 2.45) is 0 Å². The molecule has 0 N–H and O–H groups in total. The van der Waals surface area contributed by atoms with E-state index in [0.717, 1.165) is 24.9 Å². The van der Waals surface area contributed by atoms with E-state index in [1.54, 1.807) is 6.07 Å². The summed E-state index contributed by atoms with van der Waals surface area (Å²) in [6, 6.07) is 9.49. The van der Waals surface area contributed by atoms with E-state index in [1.165, 1.54) is 7.11 Å². The molecule has 0 aliphatic carbocycles. The largest absolute Gasteiger partial charge is 0.468 e. The molecule has 4 nitrogen and oxygen atoms in total. The monoisotopic (exact) mass is 244 g/mol. The Bertz CT molecular complexity index is 479. The third-order valence-corrected chi connectivity index (χ3v) is 3.28. The van der Waals surface area contributed by atoms with Crippen LogP contribution in [-0.4, -0.2) is 30.6 Å². The summed E-state index contributed by atoms with van der Waals surface area (Å²) < 4.78 is 4.81. The zero-order chi connectivity index (χ0) is 13.0. The molecule has 1 atom stereocenters. The van der Waals surface area contributed by atoms with E-state index in [4.69, 9.17) is 10.00 Å². The van der Waals surface area contributed by atoms with Gasteiger partial charge in [-0.05, 0) is 37.1 Å². The molecule has 0 aromatic heterocycles. The van der Waals surface area contributed by atoms with Crippen LogP contribution in [0.2, 0.25) is 0 Å². The number of carbonyl (C=O) groups excluding carboxylic acids is 1. The van der Waals surface area contributed by atoms with Crippen molar-refractivity contribution in [3.05, 3.63) is 35.4 Å². The number of nitrogens with zero attached hydrogens (tertiary/aromatic N) is 2. The van der Waals surface area contributed by atoms with Gasteiger partial charge < -0.3 is 4.74 Å². The molecule has 1 saturated heterocycles. The summed E-state index contributed by atoms with van der Waals surface area (Å²) in [7, 11) is 1.43. The van der Waals surface area contributed by atoms with Crippen molar-refractivity contribution in [1.29, 1.82) is 5.26 Å². The summed E-state index contributed by atoms with van der Waals surface area (Å²) in [5.74, 6) is -0.163. The van der Waals surface area contributed by atoms with Crippen LogP contribution in [0.4, 0.5) is 0 Å². The predicted octanol–water partition coefficient (Wildman–Crippen LogP) is 1.70. The van der Waals surface area contributed by atoms with Crippen LogP contribution in [0.25, 0.3) is 0 Å². The Labute approximate surface area is 107 Å². The van der Waals surface area contributed by atoms with Crippen LogP contribution in [0.15, 0.2) is 24.3 Å². The van der Waals surface area contributed by atoms with E-state index in [1.807, 2.05) is 18.2 Å². The highest BCUT2D eigenvalue weighted by Crippen LogP contribution is 2.21. The maximum Gasteiger partial charge on any atom is 0.323 e. The minimum atomic E-state index is -0.163. The summed E-state index contributed by atoms with van der Waals surface area (Å²) >= 11 is 0. The fourth-order valence-corrected chi connectivity index (χ4v) is 2.39. The molecule has 0 spiro atoms. The normalized spacial score (nSPS) is 19.4. The van der Waals surface area contributed by atoms with Crippen LogP contribution < -0.4 is 0 Å². The van der Waals surface area contributed by atoms with E-state index in [0.29, 0.717) is 12.1 Å². The first-order valence-corrected chi connectivity index (χ1v) is 6.05. The summed E-state index contributed by atoms with van der Waals surface area (Å²) in [5.41, 5.74) is 1.71. The lowest BCUT2D eigenvalue weighted by Crippen LogP contribution is -2.36. The van der Waals surface area contributed by atoms with Gasteiger partial charge in [-0.2, -0.15) is 5.26 Å². The molecule has 4 heteroatoms. The number of carbonyl (C=O) groups is 1. The zero-order valence-electron chi connectivity index (χ0n) is 10.4. The van der Waals surface area contributed by atoms with Crippen molar-refractivity contribution in [2.75, 3.05) is 13.7 Å². The highest BCUT2D eigenvalue weighted by atomic mass is 16.5. The van der Waals surface area contributed by atoms with Gasteiger partial charge in [-0.15, -0.1) is 0 Å². The zero-order valence-corrected chi connectivity index (χ0v) is 10.4. The fraction of sp³-hybridized carbons (Fsp3) is 0.429. The molecule has 0 amide bonds. The summed E-state index contributed by atoms with van der Waals surface area (Å²) in [4.78, 5) is 13.7.